The van der Waals surface area contributed by atoms with Crippen LogP contribution >= 0.6 is 0 Å². The zero-order valence-electron chi connectivity index (χ0n) is 16.6. The van der Waals surface area contributed by atoms with Gasteiger partial charge in [0.1, 0.15) is 5.82 Å². The van der Waals surface area contributed by atoms with E-state index in [9.17, 15) is 13.2 Å². The van der Waals surface area contributed by atoms with Crippen molar-refractivity contribution in [3.8, 4) is 0 Å². The van der Waals surface area contributed by atoms with Crippen molar-refractivity contribution in [3.05, 3.63) is 53.3 Å². The van der Waals surface area contributed by atoms with E-state index in [1.54, 1.807) is 18.2 Å². The van der Waals surface area contributed by atoms with Gasteiger partial charge in [0.25, 0.3) is 5.91 Å². The Hall–Kier alpha value is -2.71. The Labute approximate surface area is 165 Å². The van der Waals surface area contributed by atoms with Gasteiger partial charge in [0.05, 0.1) is 15.9 Å². The van der Waals surface area contributed by atoms with Crippen LogP contribution in [0.25, 0.3) is 11.0 Å². The summed E-state index contributed by atoms with van der Waals surface area (Å²) >= 11 is 0. The van der Waals surface area contributed by atoms with Gasteiger partial charge in [0.15, 0.2) is 0 Å². The normalized spacial score (nSPS) is 11.9. The third-order valence-electron chi connectivity index (χ3n) is 4.79. The SMILES string of the molecule is CCc1nc2cc(C(=O)Nc3cc(S(=O)(=O)N(C)C)ccc3C)ccc2n1C. The van der Waals surface area contributed by atoms with Gasteiger partial charge in [-0.1, -0.05) is 13.0 Å². The molecule has 0 atom stereocenters. The molecular weight excluding hydrogens is 376 g/mol. The molecule has 1 amide bonds. The van der Waals surface area contributed by atoms with Crippen LogP contribution < -0.4 is 5.32 Å². The molecule has 8 heteroatoms. The molecule has 0 radical (unpaired) electrons. The first kappa shape index (κ1) is 20.0. The summed E-state index contributed by atoms with van der Waals surface area (Å²) in [5.74, 6) is 0.637. The molecule has 148 valence electrons. The third kappa shape index (κ3) is 3.53. The number of aryl methyl sites for hydroxylation is 3. The van der Waals surface area contributed by atoms with Crippen molar-refractivity contribution in [1.29, 1.82) is 0 Å². The zero-order chi connectivity index (χ0) is 20.6. The molecular formula is C20H24N4O3S. The van der Waals surface area contributed by atoms with Crippen molar-refractivity contribution in [1.82, 2.24) is 13.9 Å². The summed E-state index contributed by atoms with van der Waals surface area (Å²) in [7, 11) is 1.32. The lowest BCUT2D eigenvalue weighted by molar-refractivity contribution is 0.102. The number of hydrogen-bond acceptors (Lipinski definition) is 4. The Morgan fingerprint density at radius 1 is 1.18 bits per heavy atom. The molecule has 0 aliphatic heterocycles. The topological polar surface area (TPSA) is 84.3 Å². The van der Waals surface area contributed by atoms with Crippen LogP contribution in [0.4, 0.5) is 5.69 Å². The van der Waals surface area contributed by atoms with E-state index in [0.29, 0.717) is 11.3 Å². The van der Waals surface area contributed by atoms with Crippen molar-refractivity contribution in [3.63, 3.8) is 0 Å². The fraction of sp³-hybridized carbons (Fsp3) is 0.300. The quantitative estimate of drug-likeness (QED) is 0.714. The molecule has 3 rings (SSSR count). The minimum Gasteiger partial charge on any atom is -0.331 e. The van der Waals surface area contributed by atoms with E-state index in [0.717, 1.165) is 33.1 Å². The number of aromatic nitrogens is 2. The summed E-state index contributed by atoms with van der Waals surface area (Å²) in [5, 5.41) is 2.82. The maximum atomic E-state index is 12.8. The number of carbonyl (C=O) groups excluding carboxylic acids is 1. The summed E-state index contributed by atoms with van der Waals surface area (Å²) < 4.78 is 27.9. The predicted octanol–water partition coefficient (Wildman–Crippen LogP) is 2.95. The Morgan fingerprint density at radius 3 is 2.54 bits per heavy atom. The van der Waals surface area contributed by atoms with E-state index in [1.807, 2.05) is 31.5 Å². The fourth-order valence-corrected chi connectivity index (χ4v) is 3.94. The molecule has 0 saturated carbocycles. The van der Waals surface area contributed by atoms with Crippen LogP contribution in [0.2, 0.25) is 0 Å². The van der Waals surface area contributed by atoms with Crippen LogP contribution in [0.1, 0.15) is 28.7 Å². The highest BCUT2D eigenvalue weighted by molar-refractivity contribution is 7.89. The molecule has 7 nitrogen and oxygen atoms in total. The molecule has 0 spiro atoms. The highest BCUT2D eigenvalue weighted by Crippen LogP contribution is 2.23. The largest absolute Gasteiger partial charge is 0.331 e. The molecule has 1 heterocycles. The molecule has 0 saturated heterocycles. The second-order valence-electron chi connectivity index (χ2n) is 6.86. The Bertz CT molecular complexity index is 1160. The van der Waals surface area contributed by atoms with Crippen LogP contribution in [-0.2, 0) is 23.5 Å². The summed E-state index contributed by atoms with van der Waals surface area (Å²) in [6.45, 7) is 3.85. The number of imidazole rings is 1. The summed E-state index contributed by atoms with van der Waals surface area (Å²) in [6.07, 6.45) is 0.805. The molecule has 0 aliphatic carbocycles. The molecule has 0 bridgehead atoms. The van der Waals surface area contributed by atoms with Gasteiger partial charge in [-0.15, -0.1) is 0 Å². The minimum absolute atomic E-state index is 0.131. The van der Waals surface area contributed by atoms with Gasteiger partial charge in [0, 0.05) is 38.8 Å². The second kappa shape index (κ2) is 7.37. The van der Waals surface area contributed by atoms with Gasteiger partial charge >= 0.3 is 0 Å². The summed E-state index contributed by atoms with van der Waals surface area (Å²) in [4.78, 5) is 17.5. The molecule has 2 aromatic carbocycles. The van der Waals surface area contributed by atoms with Crippen molar-refractivity contribution < 1.29 is 13.2 Å². The second-order valence-corrected chi connectivity index (χ2v) is 9.01. The average Bonchev–Trinajstić information content (AvgIpc) is 2.98. The van der Waals surface area contributed by atoms with E-state index < -0.39 is 10.0 Å². The lowest BCUT2D eigenvalue weighted by Crippen LogP contribution is -2.22. The minimum atomic E-state index is -3.58. The van der Waals surface area contributed by atoms with Crippen LogP contribution in [0.15, 0.2) is 41.3 Å². The number of nitrogens with one attached hydrogen (secondary N) is 1. The van der Waals surface area contributed by atoms with E-state index in [2.05, 4.69) is 10.3 Å². The number of carbonyl (C=O) groups is 1. The molecule has 0 fully saturated rings. The molecule has 0 unspecified atom stereocenters. The monoisotopic (exact) mass is 400 g/mol. The van der Waals surface area contributed by atoms with E-state index in [1.165, 1.54) is 26.2 Å². The van der Waals surface area contributed by atoms with Gasteiger partial charge in [-0.05, 0) is 42.8 Å². The Morgan fingerprint density at radius 2 is 1.89 bits per heavy atom. The first-order valence-electron chi connectivity index (χ1n) is 8.95. The number of benzene rings is 2. The average molecular weight is 401 g/mol. The van der Waals surface area contributed by atoms with Gasteiger partial charge in [0.2, 0.25) is 10.0 Å². The van der Waals surface area contributed by atoms with E-state index in [4.69, 9.17) is 0 Å². The number of fused-ring (bicyclic) bond motifs is 1. The maximum absolute atomic E-state index is 12.8. The summed E-state index contributed by atoms with van der Waals surface area (Å²) in [6, 6.07) is 10.1. The van der Waals surface area contributed by atoms with E-state index in [-0.39, 0.29) is 10.8 Å². The Balaban J connectivity index is 1.94. The predicted molar refractivity (Wildman–Crippen MR) is 110 cm³/mol. The van der Waals surface area contributed by atoms with Crippen molar-refractivity contribution in [2.45, 2.75) is 25.2 Å². The third-order valence-corrected chi connectivity index (χ3v) is 6.60. The number of sulfonamides is 1. The molecule has 28 heavy (non-hydrogen) atoms. The van der Waals surface area contributed by atoms with Gasteiger partial charge in [-0.2, -0.15) is 0 Å². The van der Waals surface area contributed by atoms with Crippen LogP contribution in [-0.4, -0.2) is 42.3 Å². The van der Waals surface area contributed by atoms with Gasteiger partial charge in [-0.3, -0.25) is 4.79 Å². The number of anilines is 1. The number of nitrogens with zero attached hydrogens (tertiary/aromatic N) is 3. The molecule has 1 aromatic heterocycles. The molecule has 0 aliphatic rings. The smallest absolute Gasteiger partial charge is 0.255 e. The van der Waals surface area contributed by atoms with Crippen LogP contribution in [0, 0.1) is 6.92 Å². The van der Waals surface area contributed by atoms with Crippen molar-refractivity contribution in [2.75, 3.05) is 19.4 Å². The zero-order valence-corrected chi connectivity index (χ0v) is 17.5. The number of rotatable bonds is 5. The molecule has 1 N–H and O–H groups in total. The van der Waals surface area contributed by atoms with Gasteiger partial charge in [-0.25, -0.2) is 17.7 Å². The first-order chi connectivity index (χ1) is 13.1. The number of hydrogen-bond donors (Lipinski definition) is 1. The highest BCUT2D eigenvalue weighted by Gasteiger charge is 2.19. The first-order valence-corrected chi connectivity index (χ1v) is 10.4. The Kier molecular flexibility index (Phi) is 5.27. The highest BCUT2D eigenvalue weighted by atomic mass is 32.2. The van der Waals surface area contributed by atoms with E-state index >= 15 is 0 Å². The molecule has 3 aromatic rings. The number of amides is 1. The summed E-state index contributed by atoms with van der Waals surface area (Å²) in [5.41, 5.74) is 3.42. The van der Waals surface area contributed by atoms with Crippen molar-refractivity contribution in [2.24, 2.45) is 7.05 Å². The fourth-order valence-electron chi connectivity index (χ4n) is 3.01. The lowest BCUT2D eigenvalue weighted by Gasteiger charge is -2.14. The standard InChI is InChI=1S/C20H24N4O3S/c1-6-19-21-17-11-14(8-10-18(17)24(19)5)20(25)22-16-12-15(9-7-13(16)2)28(26,27)23(3)4/h7-12H,6H2,1-5H3,(H,22,25). The lowest BCUT2D eigenvalue weighted by atomic mass is 10.1. The van der Waals surface area contributed by atoms with Crippen molar-refractivity contribution >= 4 is 32.7 Å². The van der Waals surface area contributed by atoms with Crippen LogP contribution in [0.5, 0.6) is 0 Å². The van der Waals surface area contributed by atoms with Crippen LogP contribution in [0.3, 0.4) is 0 Å². The van der Waals surface area contributed by atoms with Gasteiger partial charge < -0.3 is 9.88 Å². The maximum Gasteiger partial charge on any atom is 0.255 e.